The summed E-state index contributed by atoms with van der Waals surface area (Å²) in [5.41, 5.74) is 2.15. The maximum Gasteiger partial charge on any atom is 0.271 e. The number of carbonyl (C=O) groups excluding carboxylic acids is 2. The van der Waals surface area contributed by atoms with Crippen LogP contribution in [-0.4, -0.2) is 49.2 Å². The predicted octanol–water partition coefficient (Wildman–Crippen LogP) is 4.87. The molecule has 44 heavy (non-hydrogen) atoms. The van der Waals surface area contributed by atoms with Crippen molar-refractivity contribution in [3.8, 4) is 0 Å². The largest absolute Gasteiger partial charge is 0.355 e. The van der Waals surface area contributed by atoms with Gasteiger partial charge in [0.25, 0.3) is 15.7 Å². The van der Waals surface area contributed by atoms with Gasteiger partial charge in [0.1, 0.15) is 12.6 Å². The molecule has 4 aromatic carbocycles. The van der Waals surface area contributed by atoms with Crippen LogP contribution < -0.4 is 9.62 Å². The topological polar surface area (TPSA) is 130 Å². The molecule has 0 aliphatic rings. The molecule has 4 rings (SSSR count). The van der Waals surface area contributed by atoms with Gasteiger partial charge in [-0.25, -0.2) is 8.42 Å². The van der Waals surface area contributed by atoms with Crippen molar-refractivity contribution in [3.05, 3.63) is 136 Å². The van der Waals surface area contributed by atoms with Crippen molar-refractivity contribution in [1.29, 1.82) is 0 Å². The van der Waals surface area contributed by atoms with E-state index >= 15 is 0 Å². The smallest absolute Gasteiger partial charge is 0.271 e. The Hall–Kier alpha value is -5.03. The van der Waals surface area contributed by atoms with Crippen LogP contribution in [0.25, 0.3) is 0 Å². The molecule has 2 amide bonds. The molecule has 0 spiro atoms. The number of sulfonamides is 1. The number of hydrogen-bond acceptors (Lipinski definition) is 6. The molecule has 10 nitrogen and oxygen atoms in total. The highest BCUT2D eigenvalue weighted by molar-refractivity contribution is 7.92. The van der Waals surface area contributed by atoms with Crippen LogP contribution >= 0.6 is 0 Å². The van der Waals surface area contributed by atoms with Crippen LogP contribution in [0.3, 0.4) is 0 Å². The molecule has 4 aromatic rings. The van der Waals surface area contributed by atoms with E-state index in [1.807, 2.05) is 61.5 Å². The average Bonchev–Trinajstić information content (AvgIpc) is 3.02. The van der Waals surface area contributed by atoms with Gasteiger partial charge in [-0.05, 0) is 43.2 Å². The van der Waals surface area contributed by atoms with Crippen LogP contribution in [0.5, 0.6) is 0 Å². The van der Waals surface area contributed by atoms with Crippen molar-refractivity contribution < 1.29 is 22.9 Å². The van der Waals surface area contributed by atoms with Crippen LogP contribution in [-0.2, 0) is 32.6 Å². The standard InChI is InChI=1S/C33H34N4O6S/c1-3-34-33(39)31(21-26-13-6-4-7-14-26)35(23-27-15-10-12-25(2)20-27)32(38)24-36(28-16-11-17-29(22-28)37(40)41)44(42,43)30-18-8-5-9-19-30/h4-20,22,31H,3,21,23-24H2,1-2H3,(H,34,39). The summed E-state index contributed by atoms with van der Waals surface area (Å²) < 4.78 is 28.8. The molecule has 1 N–H and O–H groups in total. The van der Waals surface area contributed by atoms with Gasteiger partial charge < -0.3 is 10.2 Å². The van der Waals surface area contributed by atoms with Crippen LogP contribution in [0.15, 0.2) is 114 Å². The maximum atomic E-state index is 14.4. The van der Waals surface area contributed by atoms with Crippen molar-refractivity contribution in [3.63, 3.8) is 0 Å². The first-order valence-corrected chi connectivity index (χ1v) is 15.5. The summed E-state index contributed by atoms with van der Waals surface area (Å²) in [7, 11) is -4.36. The van der Waals surface area contributed by atoms with Crippen LogP contribution in [0.1, 0.15) is 23.6 Å². The molecule has 0 aromatic heterocycles. The number of nitrogens with one attached hydrogen (secondary N) is 1. The Bertz CT molecular complexity index is 1710. The number of carbonyl (C=O) groups is 2. The highest BCUT2D eigenvalue weighted by atomic mass is 32.2. The maximum absolute atomic E-state index is 14.4. The zero-order valence-electron chi connectivity index (χ0n) is 24.5. The van der Waals surface area contributed by atoms with Crippen molar-refractivity contribution in [2.75, 3.05) is 17.4 Å². The third-order valence-electron chi connectivity index (χ3n) is 7.00. The SMILES string of the molecule is CCNC(=O)C(Cc1ccccc1)N(Cc1cccc(C)c1)C(=O)CN(c1cccc([N+](=O)[O-])c1)S(=O)(=O)c1ccccc1. The summed E-state index contributed by atoms with van der Waals surface area (Å²) in [6.45, 7) is 3.36. The molecule has 228 valence electrons. The minimum atomic E-state index is -4.36. The molecule has 0 saturated carbocycles. The highest BCUT2D eigenvalue weighted by Gasteiger charge is 2.34. The number of nitrogens with zero attached hydrogens (tertiary/aromatic N) is 3. The average molecular weight is 615 g/mol. The fraction of sp³-hybridized carbons (Fsp3) is 0.212. The number of aryl methyl sites for hydroxylation is 1. The molecule has 1 unspecified atom stereocenters. The number of likely N-dealkylation sites (N-methyl/N-ethyl adjacent to an activating group) is 1. The number of non-ortho nitro benzene ring substituents is 1. The first-order valence-electron chi connectivity index (χ1n) is 14.1. The number of anilines is 1. The fourth-order valence-electron chi connectivity index (χ4n) is 4.86. The lowest BCUT2D eigenvalue weighted by Gasteiger charge is -2.33. The van der Waals surface area contributed by atoms with Gasteiger partial charge in [-0.1, -0.05) is 84.4 Å². The normalized spacial score (nSPS) is 11.8. The Balaban J connectivity index is 1.82. The molecular weight excluding hydrogens is 580 g/mol. The van der Waals surface area contributed by atoms with E-state index < -0.39 is 33.4 Å². The van der Waals surface area contributed by atoms with Gasteiger partial charge in [-0.15, -0.1) is 0 Å². The van der Waals surface area contributed by atoms with Gasteiger partial charge in [0.15, 0.2) is 0 Å². The van der Waals surface area contributed by atoms with E-state index in [0.717, 1.165) is 27.1 Å². The van der Waals surface area contributed by atoms with E-state index in [4.69, 9.17) is 0 Å². The lowest BCUT2D eigenvalue weighted by Crippen LogP contribution is -2.53. The Morgan fingerprint density at radius 1 is 0.864 bits per heavy atom. The second-order valence-corrected chi connectivity index (χ2v) is 12.1. The Morgan fingerprint density at radius 3 is 2.14 bits per heavy atom. The first kappa shape index (κ1) is 31.9. The fourth-order valence-corrected chi connectivity index (χ4v) is 6.29. The van der Waals surface area contributed by atoms with Crippen LogP contribution in [0.2, 0.25) is 0 Å². The number of nitro groups is 1. The quantitative estimate of drug-likeness (QED) is 0.169. The molecule has 0 heterocycles. The van der Waals surface area contributed by atoms with E-state index in [9.17, 15) is 28.1 Å². The van der Waals surface area contributed by atoms with Gasteiger partial charge in [0, 0.05) is 31.6 Å². The molecule has 1 atom stereocenters. The lowest BCUT2D eigenvalue weighted by molar-refractivity contribution is -0.384. The van der Waals surface area contributed by atoms with Crippen molar-refractivity contribution in [1.82, 2.24) is 10.2 Å². The lowest BCUT2D eigenvalue weighted by atomic mass is 10.0. The number of amides is 2. The zero-order valence-corrected chi connectivity index (χ0v) is 25.3. The van der Waals surface area contributed by atoms with E-state index in [2.05, 4.69) is 5.32 Å². The van der Waals surface area contributed by atoms with Crippen molar-refractivity contribution in [2.24, 2.45) is 0 Å². The zero-order chi connectivity index (χ0) is 31.7. The number of hydrogen-bond donors (Lipinski definition) is 1. The summed E-state index contributed by atoms with van der Waals surface area (Å²) in [5, 5.41) is 14.4. The third-order valence-corrected chi connectivity index (χ3v) is 8.78. The van der Waals surface area contributed by atoms with E-state index in [1.165, 1.54) is 35.2 Å². The number of nitro benzene ring substituents is 1. The predicted molar refractivity (Wildman–Crippen MR) is 168 cm³/mol. The second-order valence-electron chi connectivity index (χ2n) is 10.2. The van der Waals surface area contributed by atoms with Gasteiger partial charge in [-0.2, -0.15) is 0 Å². The molecule has 0 aliphatic carbocycles. The summed E-state index contributed by atoms with van der Waals surface area (Å²) in [6.07, 6.45) is 0.187. The Labute approximate surface area is 257 Å². The number of benzene rings is 4. The van der Waals surface area contributed by atoms with Gasteiger partial charge >= 0.3 is 0 Å². The van der Waals surface area contributed by atoms with E-state index in [-0.39, 0.29) is 35.1 Å². The first-order chi connectivity index (χ1) is 21.1. The van der Waals surface area contributed by atoms with Crippen molar-refractivity contribution >= 4 is 33.2 Å². The molecular formula is C33H34N4O6S. The summed E-state index contributed by atoms with van der Waals surface area (Å²) >= 11 is 0. The molecule has 0 aliphatic heterocycles. The van der Waals surface area contributed by atoms with Crippen LogP contribution in [0, 0.1) is 17.0 Å². The molecule has 0 saturated heterocycles. The van der Waals surface area contributed by atoms with Crippen molar-refractivity contribution in [2.45, 2.75) is 37.8 Å². The van der Waals surface area contributed by atoms with Gasteiger partial charge in [0.2, 0.25) is 11.8 Å². The monoisotopic (exact) mass is 614 g/mol. The summed E-state index contributed by atoms with van der Waals surface area (Å²) in [4.78, 5) is 40.1. The summed E-state index contributed by atoms with van der Waals surface area (Å²) in [5.74, 6) is -1.03. The minimum absolute atomic E-state index is 0.0311. The van der Waals surface area contributed by atoms with Crippen LogP contribution in [0.4, 0.5) is 11.4 Å². The second kappa shape index (κ2) is 14.4. The Morgan fingerprint density at radius 2 is 1.50 bits per heavy atom. The highest BCUT2D eigenvalue weighted by Crippen LogP contribution is 2.28. The van der Waals surface area contributed by atoms with Gasteiger partial charge in [0.05, 0.1) is 15.5 Å². The summed E-state index contributed by atoms with van der Waals surface area (Å²) in [6, 6.07) is 28.4. The molecule has 11 heteroatoms. The third kappa shape index (κ3) is 7.87. The molecule has 0 radical (unpaired) electrons. The minimum Gasteiger partial charge on any atom is -0.355 e. The van der Waals surface area contributed by atoms with Gasteiger partial charge in [-0.3, -0.25) is 24.0 Å². The number of rotatable bonds is 13. The molecule has 0 fully saturated rings. The van der Waals surface area contributed by atoms with E-state index in [1.54, 1.807) is 25.1 Å². The molecule has 0 bridgehead atoms. The Kier molecular flexibility index (Phi) is 10.5. The van der Waals surface area contributed by atoms with E-state index in [0.29, 0.717) is 6.54 Å².